The maximum Gasteiger partial charge on any atom is 0.410 e. The lowest BCUT2D eigenvalue weighted by Gasteiger charge is -2.38. The first-order valence-electron chi connectivity index (χ1n) is 9.02. The van der Waals surface area contributed by atoms with E-state index in [-0.39, 0.29) is 18.6 Å². The first-order chi connectivity index (χ1) is 13.0. The van der Waals surface area contributed by atoms with Crippen LogP contribution < -0.4 is 5.32 Å². The van der Waals surface area contributed by atoms with Gasteiger partial charge < -0.3 is 20.1 Å². The number of benzene rings is 2. The van der Waals surface area contributed by atoms with Gasteiger partial charge in [-0.2, -0.15) is 0 Å². The predicted octanol–water partition coefficient (Wildman–Crippen LogP) is 2.67. The van der Waals surface area contributed by atoms with Gasteiger partial charge in [0, 0.05) is 25.7 Å². The molecule has 0 aromatic heterocycles. The Morgan fingerprint density at radius 3 is 2.30 bits per heavy atom. The molecule has 1 aliphatic heterocycles. The van der Waals surface area contributed by atoms with E-state index < -0.39 is 5.60 Å². The van der Waals surface area contributed by atoms with Crippen LogP contribution in [-0.4, -0.2) is 42.1 Å². The molecule has 0 aliphatic carbocycles. The highest BCUT2D eigenvalue weighted by Crippen LogP contribution is 2.33. The number of amides is 2. The molecule has 0 unspecified atom stereocenters. The number of hydrogen-bond acceptors (Lipinski definition) is 4. The molecule has 6 heteroatoms. The third kappa shape index (κ3) is 4.46. The van der Waals surface area contributed by atoms with Crippen molar-refractivity contribution in [2.24, 2.45) is 0 Å². The molecule has 0 saturated carbocycles. The minimum Gasteiger partial charge on any atom is -0.445 e. The molecule has 1 fully saturated rings. The summed E-state index contributed by atoms with van der Waals surface area (Å²) in [7, 11) is 1.58. The van der Waals surface area contributed by atoms with Gasteiger partial charge in [-0.25, -0.2) is 4.79 Å². The zero-order chi connectivity index (χ0) is 19.3. The first-order valence-corrected chi connectivity index (χ1v) is 9.02. The highest BCUT2D eigenvalue weighted by Gasteiger charge is 2.36. The molecule has 2 aromatic rings. The van der Waals surface area contributed by atoms with Gasteiger partial charge in [0.15, 0.2) is 0 Å². The van der Waals surface area contributed by atoms with E-state index in [0.717, 1.165) is 11.1 Å². The molecule has 1 heterocycles. The number of aliphatic hydroxyl groups is 1. The summed E-state index contributed by atoms with van der Waals surface area (Å²) < 4.78 is 5.36. The van der Waals surface area contributed by atoms with Gasteiger partial charge >= 0.3 is 6.09 Å². The molecule has 0 atom stereocenters. The Balaban J connectivity index is 1.55. The van der Waals surface area contributed by atoms with Gasteiger partial charge in [-0.1, -0.05) is 42.5 Å². The van der Waals surface area contributed by atoms with Gasteiger partial charge in [0.1, 0.15) is 6.61 Å². The highest BCUT2D eigenvalue weighted by atomic mass is 16.6. The van der Waals surface area contributed by atoms with Crippen LogP contribution in [0.15, 0.2) is 54.6 Å². The third-order valence-corrected chi connectivity index (χ3v) is 4.97. The molecule has 0 spiro atoms. The average Bonchev–Trinajstić information content (AvgIpc) is 2.73. The van der Waals surface area contributed by atoms with Crippen LogP contribution in [0.2, 0.25) is 0 Å². The summed E-state index contributed by atoms with van der Waals surface area (Å²) in [4.78, 5) is 25.5. The van der Waals surface area contributed by atoms with Crippen LogP contribution in [0.5, 0.6) is 0 Å². The highest BCUT2D eigenvalue weighted by molar-refractivity contribution is 5.93. The van der Waals surface area contributed by atoms with E-state index in [1.807, 2.05) is 30.3 Å². The lowest BCUT2D eigenvalue weighted by molar-refractivity contribution is -0.0255. The number of carbonyl (C=O) groups is 2. The summed E-state index contributed by atoms with van der Waals surface area (Å²) in [6.45, 7) is 1.07. The third-order valence-electron chi connectivity index (χ3n) is 4.97. The standard InChI is InChI=1S/C21H24N2O4/c1-22-19(24)17-7-9-18(10-8-17)21(26)11-13-23(14-12-21)20(25)27-15-16-5-3-2-4-6-16/h2-10,26H,11-15H2,1H3,(H,22,24). The minimum absolute atomic E-state index is 0.162. The van der Waals surface area contributed by atoms with Crippen molar-refractivity contribution in [3.63, 3.8) is 0 Å². The van der Waals surface area contributed by atoms with E-state index in [9.17, 15) is 14.7 Å². The lowest BCUT2D eigenvalue weighted by Crippen LogP contribution is -2.45. The van der Waals surface area contributed by atoms with E-state index in [1.54, 1.807) is 36.2 Å². The zero-order valence-electron chi connectivity index (χ0n) is 15.4. The molecule has 6 nitrogen and oxygen atoms in total. The van der Waals surface area contributed by atoms with Crippen LogP contribution >= 0.6 is 0 Å². The van der Waals surface area contributed by atoms with Crippen molar-refractivity contribution >= 4 is 12.0 Å². The van der Waals surface area contributed by atoms with Gasteiger partial charge in [0.2, 0.25) is 0 Å². The number of likely N-dealkylation sites (tertiary alicyclic amines) is 1. The van der Waals surface area contributed by atoms with E-state index in [2.05, 4.69) is 5.32 Å². The van der Waals surface area contributed by atoms with Crippen molar-refractivity contribution in [3.8, 4) is 0 Å². The Morgan fingerprint density at radius 2 is 1.70 bits per heavy atom. The molecule has 2 aromatic carbocycles. The van der Waals surface area contributed by atoms with Crippen LogP contribution in [0, 0.1) is 0 Å². The number of carbonyl (C=O) groups excluding carboxylic acids is 2. The molecule has 1 saturated heterocycles. The van der Waals surface area contributed by atoms with Crippen LogP contribution in [0.4, 0.5) is 4.79 Å². The molecule has 2 N–H and O–H groups in total. The summed E-state index contributed by atoms with van der Waals surface area (Å²) >= 11 is 0. The smallest absolute Gasteiger partial charge is 0.410 e. The number of piperidine rings is 1. The zero-order valence-corrected chi connectivity index (χ0v) is 15.4. The number of rotatable bonds is 4. The number of nitrogens with one attached hydrogen (secondary N) is 1. The van der Waals surface area contributed by atoms with Crippen LogP contribution in [0.25, 0.3) is 0 Å². The second kappa shape index (κ2) is 8.22. The Kier molecular flexibility index (Phi) is 5.76. The van der Waals surface area contributed by atoms with Gasteiger partial charge in [-0.3, -0.25) is 4.79 Å². The number of hydrogen-bond donors (Lipinski definition) is 2. The van der Waals surface area contributed by atoms with Crippen molar-refractivity contribution in [1.29, 1.82) is 0 Å². The van der Waals surface area contributed by atoms with E-state index in [1.165, 1.54) is 0 Å². The molecule has 142 valence electrons. The first kappa shape index (κ1) is 18.9. The summed E-state index contributed by atoms with van der Waals surface area (Å²) in [5.74, 6) is -0.162. The topological polar surface area (TPSA) is 78.9 Å². The summed E-state index contributed by atoms with van der Waals surface area (Å²) in [6, 6.07) is 16.5. The largest absolute Gasteiger partial charge is 0.445 e. The second-order valence-corrected chi connectivity index (χ2v) is 6.72. The molecule has 0 bridgehead atoms. The predicted molar refractivity (Wildman–Crippen MR) is 101 cm³/mol. The second-order valence-electron chi connectivity index (χ2n) is 6.72. The van der Waals surface area contributed by atoms with Crippen LogP contribution in [0.1, 0.15) is 34.3 Å². The summed E-state index contributed by atoms with van der Waals surface area (Å²) in [5, 5.41) is 13.5. The van der Waals surface area contributed by atoms with Crippen molar-refractivity contribution in [2.45, 2.75) is 25.0 Å². The molecule has 0 radical (unpaired) electrons. The minimum atomic E-state index is -1.00. The van der Waals surface area contributed by atoms with Gasteiger partial charge in [0.05, 0.1) is 5.60 Å². The Labute approximate surface area is 158 Å². The Bertz CT molecular complexity index is 782. The van der Waals surface area contributed by atoms with E-state index >= 15 is 0 Å². The van der Waals surface area contributed by atoms with Gasteiger partial charge in [-0.15, -0.1) is 0 Å². The fourth-order valence-corrected chi connectivity index (χ4v) is 3.23. The molecule has 27 heavy (non-hydrogen) atoms. The quantitative estimate of drug-likeness (QED) is 0.870. The maximum atomic E-state index is 12.2. The Hall–Kier alpha value is -2.86. The van der Waals surface area contributed by atoms with Crippen molar-refractivity contribution < 1.29 is 19.4 Å². The molecular weight excluding hydrogens is 344 g/mol. The van der Waals surface area contributed by atoms with Crippen molar-refractivity contribution in [1.82, 2.24) is 10.2 Å². The summed E-state index contributed by atoms with van der Waals surface area (Å²) in [6.07, 6.45) is 0.482. The number of ether oxygens (including phenoxy) is 1. The SMILES string of the molecule is CNC(=O)c1ccc(C2(O)CCN(C(=O)OCc3ccccc3)CC2)cc1. The summed E-state index contributed by atoms with van der Waals surface area (Å²) in [5.41, 5.74) is 1.24. The van der Waals surface area contributed by atoms with Crippen molar-refractivity contribution in [2.75, 3.05) is 20.1 Å². The molecule has 2 amide bonds. The number of nitrogens with zero attached hydrogens (tertiary/aromatic N) is 1. The molecule has 3 rings (SSSR count). The maximum absolute atomic E-state index is 12.2. The van der Waals surface area contributed by atoms with Crippen molar-refractivity contribution in [3.05, 3.63) is 71.3 Å². The monoisotopic (exact) mass is 368 g/mol. The van der Waals surface area contributed by atoms with Gasteiger partial charge in [-0.05, 0) is 36.1 Å². The average molecular weight is 368 g/mol. The molecule has 1 aliphatic rings. The normalized spacial score (nSPS) is 15.9. The lowest BCUT2D eigenvalue weighted by atomic mass is 9.84. The van der Waals surface area contributed by atoms with Crippen LogP contribution in [0.3, 0.4) is 0 Å². The molecular formula is C21H24N2O4. The van der Waals surface area contributed by atoms with Crippen LogP contribution in [-0.2, 0) is 16.9 Å². The van der Waals surface area contributed by atoms with E-state index in [0.29, 0.717) is 31.5 Å². The Morgan fingerprint density at radius 1 is 1.07 bits per heavy atom. The fourth-order valence-electron chi connectivity index (χ4n) is 3.23. The van der Waals surface area contributed by atoms with Gasteiger partial charge in [0.25, 0.3) is 5.91 Å². The van der Waals surface area contributed by atoms with E-state index in [4.69, 9.17) is 4.74 Å². The fraction of sp³-hybridized carbons (Fsp3) is 0.333.